The molecule has 0 fully saturated rings. The van der Waals surface area contributed by atoms with Crippen LogP contribution in [0.4, 0.5) is 27.9 Å². The van der Waals surface area contributed by atoms with Crippen LogP contribution in [0, 0.1) is 0 Å². The molecule has 168 valence electrons. The van der Waals surface area contributed by atoms with Gasteiger partial charge in [0.1, 0.15) is 5.82 Å². The molecule has 3 rings (SSSR count). The average Bonchev–Trinajstić information content (AvgIpc) is 2.72. The molecule has 0 bridgehead atoms. The van der Waals surface area contributed by atoms with E-state index >= 15 is 0 Å². The van der Waals surface area contributed by atoms with Gasteiger partial charge >= 0.3 is 6.03 Å². The van der Waals surface area contributed by atoms with Crippen LogP contribution in [0.5, 0.6) is 0 Å². The standard InChI is InChI=1S/C22H22Cl3N5O2/c1-13(22(2,3)32)27-20-26-10-9-18(29-20)30(15-7-5-4-6-8-15)21(31)28-17-12-14(23)11-16(24)19(17)25/h4-13,32H,1-3H3,(H,28,31)(H,26,27,29). The number of carbonyl (C=O) groups excluding carboxylic acids is 1. The molecular formula is C22H22Cl3N5O2. The summed E-state index contributed by atoms with van der Waals surface area (Å²) in [5.74, 6) is 0.563. The van der Waals surface area contributed by atoms with Gasteiger partial charge in [0.05, 0.1) is 33.1 Å². The van der Waals surface area contributed by atoms with Gasteiger partial charge in [-0.25, -0.2) is 14.7 Å². The number of carbonyl (C=O) groups is 1. The number of aromatic nitrogens is 2. The Morgan fingerprint density at radius 3 is 2.47 bits per heavy atom. The molecule has 0 aliphatic rings. The molecule has 1 unspecified atom stereocenters. The lowest BCUT2D eigenvalue weighted by atomic mass is 10.0. The minimum Gasteiger partial charge on any atom is -0.388 e. The molecule has 0 radical (unpaired) electrons. The van der Waals surface area contributed by atoms with E-state index in [0.29, 0.717) is 16.5 Å². The number of aliphatic hydroxyl groups is 1. The maximum Gasteiger partial charge on any atom is 0.332 e. The van der Waals surface area contributed by atoms with Crippen molar-refractivity contribution in [2.45, 2.75) is 32.4 Å². The Balaban J connectivity index is 1.98. The van der Waals surface area contributed by atoms with E-state index in [1.165, 1.54) is 23.2 Å². The molecule has 3 aromatic rings. The van der Waals surface area contributed by atoms with Crippen LogP contribution in [0.1, 0.15) is 20.8 Å². The Bertz CT molecular complexity index is 1110. The third kappa shape index (κ3) is 5.81. The van der Waals surface area contributed by atoms with Crippen molar-refractivity contribution in [3.05, 3.63) is 69.8 Å². The van der Waals surface area contributed by atoms with Gasteiger partial charge in [0.2, 0.25) is 5.95 Å². The summed E-state index contributed by atoms with van der Waals surface area (Å²) < 4.78 is 0. The van der Waals surface area contributed by atoms with Gasteiger partial charge in [-0.3, -0.25) is 0 Å². The van der Waals surface area contributed by atoms with E-state index < -0.39 is 11.6 Å². The van der Waals surface area contributed by atoms with Crippen molar-refractivity contribution in [1.29, 1.82) is 0 Å². The fraction of sp³-hybridized carbons (Fsp3) is 0.227. The number of nitrogens with one attached hydrogen (secondary N) is 2. The predicted octanol–water partition coefficient (Wildman–Crippen LogP) is 6.38. The molecule has 0 aliphatic carbocycles. The zero-order valence-corrected chi connectivity index (χ0v) is 19.9. The Hall–Kier alpha value is -2.58. The van der Waals surface area contributed by atoms with Crippen LogP contribution in [0.3, 0.4) is 0 Å². The molecule has 0 saturated heterocycles. The number of amides is 2. The van der Waals surface area contributed by atoms with E-state index in [0.717, 1.165) is 0 Å². The highest BCUT2D eigenvalue weighted by molar-refractivity contribution is 6.45. The molecule has 7 nitrogen and oxygen atoms in total. The third-order valence-corrected chi connectivity index (χ3v) is 5.75. The van der Waals surface area contributed by atoms with E-state index in [1.54, 1.807) is 44.2 Å². The second-order valence-corrected chi connectivity index (χ2v) is 8.83. The molecular weight excluding hydrogens is 473 g/mol. The van der Waals surface area contributed by atoms with E-state index in [1.807, 2.05) is 13.0 Å². The Labute approximate surface area is 201 Å². The first-order chi connectivity index (χ1) is 15.1. The fourth-order valence-corrected chi connectivity index (χ4v) is 3.31. The lowest BCUT2D eigenvalue weighted by Gasteiger charge is -2.27. The third-order valence-electron chi connectivity index (χ3n) is 4.73. The first kappa shape index (κ1) is 24.1. The van der Waals surface area contributed by atoms with E-state index in [9.17, 15) is 9.90 Å². The van der Waals surface area contributed by atoms with Crippen molar-refractivity contribution in [3.63, 3.8) is 0 Å². The summed E-state index contributed by atoms with van der Waals surface area (Å²) in [5, 5.41) is 16.7. The van der Waals surface area contributed by atoms with E-state index in [4.69, 9.17) is 34.8 Å². The molecule has 0 aliphatic heterocycles. The largest absolute Gasteiger partial charge is 0.388 e. The van der Waals surface area contributed by atoms with Gasteiger partial charge in [-0.15, -0.1) is 0 Å². The van der Waals surface area contributed by atoms with Gasteiger partial charge in [-0.1, -0.05) is 53.0 Å². The molecule has 0 spiro atoms. The van der Waals surface area contributed by atoms with Crippen LogP contribution in [-0.4, -0.2) is 32.7 Å². The highest BCUT2D eigenvalue weighted by Crippen LogP contribution is 2.34. The smallest absolute Gasteiger partial charge is 0.332 e. The number of hydrogen-bond acceptors (Lipinski definition) is 5. The van der Waals surface area contributed by atoms with Crippen molar-refractivity contribution in [2.75, 3.05) is 15.5 Å². The van der Waals surface area contributed by atoms with Crippen LogP contribution < -0.4 is 15.5 Å². The fourth-order valence-electron chi connectivity index (χ4n) is 2.66. The average molecular weight is 495 g/mol. The quantitative estimate of drug-likeness (QED) is 0.346. The van der Waals surface area contributed by atoms with Crippen LogP contribution in [0.25, 0.3) is 0 Å². The van der Waals surface area contributed by atoms with Crippen LogP contribution >= 0.6 is 34.8 Å². The lowest BCUT2D eigenvalue weighted by Crippen LogP contribution is -2.40. The molecule has 1 aromatic heterocycles. The predicted molar refractivity (Wildman–Crippen MR) is 130 cm³/mol. The molecule has 32 heavy (non-hydrogen) atoms. The summed E-state index contributed by atoms with van der Waals surface area (Å²) in [6, 6.07) is 12.7. The Morgan fingerprint density at radius 1 is 1.12 bits per heavy atom. The molecule has 2 aromatic carbocycles. The zero-order chi connectivity index (χ0) is 23.5. The van der Waals surface area contributed by atoms with Crippen molar-refractivity contribution in [2.24, 2.45) is 0 Å². The highest BCUT2D eigenvalue weighted by Gasteiger charge is 2.25. The van der Waals surface area contributed by atoms with Crippen LogP contribution in [-0.2, 0) is 0 Å². The van der Waals surface area contributed by atoms with Gasteiger partial charge in [0, 0.05) is 17.3 Å². The monoisotopic (exact) mass is 493 g/mol. The summed E-state index contributed by atoms with van der Waals surface area (Å²) in [6.07, 6.45) is 1.52. The maximum absolute atomic E-state index is 13.3. The van der Waals surface area contributed by atoms with Gasteiger partial charge in [-0.2, -0.15) is 4.98 Å². The summed E-state index contributed by atoms with van der Waals surface area (Å²) >= 11 is 18.4. The van der Waals surface area contributed by atoms with Gasteiger partial charge < -0.3 is 15.7 Å². The van der Waals surface area contributed by atoms with E-state index in [-0.39, 0.29) is 27.7 Å². The SMILES string of the molecule is CC(Nc1nccc(N(C(=O)Nc2cc(Cl)cc(Cl)c2Cl)c2ccccc2)n1)C(C)(C)O. The van der Waals surface area contributed by atoms with Gasteiger partial charge in [0.15, 0.2) is 0 Å². The molecule has 1 atom stereocenters. The maximum atomic E-state index is 13.3. The number of nitrogens with zero attached hydrogens (tertiary/aromatic N) is 3. The zero-order valence-electron chi connectivity index (χ0n) is 17.6. The summed E-state index contributed by atoms with van der Waals surface area (Å²) in [6.45, 7) is 5.17. The lowest BCUT2D eigenvalue weighted by molar-refractivity contribution is 0.0646. The van der Waals surface area contributed by atoms with Gasteiger partial charge in [-0.05, 0) is 45.0 Å². The van der Waals surface area contributed by atoms with Crippen molar-refractivity contribution < 1.29 is 9.90 Å². The Kier molecular flexibility index (Phi) is 7.46. The molecule has 1 heterocycles. The van der Waals surface area contributed by atoms with E-state index in [2.05, 4.69) is 20.6 Å². The number of hydrogen-bond donors (Lipinski definition) is 3. The second-order valence-electron chi connectivity index (χ2n) is 7.61. The first-order valence-electron chi connectivity index (χ1n) is 9.69. The van der Waals surface area contributed by atoms with Crippen molar-refractivity contribution >= 4 is 64.0 Å². The van der Waals surface area contributed by atoms with Gasteiger partial charge in [0.25, 0.3) is 0 Å². The number of para-hydroxylation sites is 1. The highest BCUT2D eigenvalue weighted by atomic mass is 35.5. The number of anilines is 4. The number of urea groups is 1. The molecule has 10 heteroatoms. The molecule has 0 saturated carbocycles. The number of rotatable bonds is 6. The number of halogens is 3. The van der Waals surface area contributed by atoms with Crippen molar-refractivity contribution in [1.82, 2.24) is 9.97 Å². The summed E-state index contributed by atoms with van der Waals surface area (Å²) in [7, 11) is 0. The second kappa shape index (κ2) is 9.92. The van der Waals surface area contributed by atoms with Crippen molar-refractivity contribution in [3.8, 4) is 0 Å². The van der Waals surface area contributed by atoms with Crippen LogP contribution in [0.15, 0.2) is 54.7 Å². The van der Waals surface area contributed by atoms with Crippen LogP contribution in [0.2, 0.25) is 15.1 Å². The minimum absolute atomic E-state index is 0.168. The Morgan fingerprint density at radius 2 is 1.81 bits per heavy atom. The minimum atomic E-state index is -1.00. The topological polar surface area (TPSA) is 90.4 Å². The normalized spacial score (nSPS) is 12.2. The molecule has 2 amide bonds. The molecule has 3 N–H and O–H groups in total. The first-order valence-corrected chi connectivity index (χ1v) is 10.8. The summed E-state index contributed by atoms with van der Waals surface area (Å²) in [4.78, 5) is 23.4. The number of benzene rings is 2. The summed E-state index contributed by atoms with van der Waals surface area (Å²) in [5.41, 5.74) is -0.175.